The Morgan fingerprint density at radius 2 is 1.82 bits per heavy atom. The number of alkyl carbamates (subject to hydrolysis) is 1. The molecule has 2 rings (SSSR count). The van der Waals surface area contributed by atoms with Gasteiger partial charge in [-0.1, -0.05) is 44.2 Å². The van der Waals surface area contributed by atoms with Crippen molar-refractivity contribution in [1.29, 1.82) is 0 Å². The Balaban J connectivity index is 1.83. The molecule has 1 aromatic carbocycles. The molecular formula is C20H28N2O6. The molecule has 1 atom stereocenters. The molecule has 2 amide bonds. The maximum Gasteiger partial charge on any atom is 0.408 e. The third kappa shape index (κ3) is 6.84. The predicted octanol–water partition coefficient (Wildman–Crippen LogP) is 2.03. The standard InChI is InChI=1S/C20H28N2O6/c1-14(2)18(21-20(26)28-12-15-6-4-3-5-7-15)19(25)22-10-8-16(9-11-22)27-13-17(23)24/h3-7,14,16,18H,8-13H2,1-2H3,(H,21,26)(H,23,24)/t18-/m0/s1. The maximum atomic E-state index is 12.8. The minimum Gasteiger partial charge on any atom is -0.480 e. The zero-order chi connectivity index (χ0) is 20.5. The summed E-state index contributed by atoms with van der Waals surface area (Å²) in [6, 6.07) is 8.64. The summed E-state index contributed by atoms with van der Waals surface area (Å²) in [5.74, 6) is -1.27. The topological polar surface area (TPSA) is 105 Å². The number of benzene rings is 1. The number of carboxylic acid groups (broad SMARTS) is 1. The number of aliphatic carboxylic acids is 1. The van der Waals surface area contributed by atoms with E-state index in [1.807, 2.05) is 44.2 Å². The smallest absolute Gasteiger partial charge is 0.408 e. The minimum atomic E-state index is -1.00. The Morgan fingerprint density at radius 3 is 2.39 bits per heavy atom. The van der Waals surface area contributed by atoms with Crippen molar-refractivity contribution in [3.05, 3.63) is 35.9 Å². The lowest BCUT2D eigenvalue weighted by atomic mass is 10.0. The highest BCUT2D eigenvalue weighted by atomic mass is 16.5. The predicted molar refractivity (Wildman–Crippen MR) is 102 cm³/mol. The first-order valence-corrected chi connectivity index (χ1v) is 9.46. The summed E-state index contributed by atoms with van der Waals surface area (Å²) in [5.41, 5.74) is 0.869. The van der Waals surface area contributed by atoms with E-state index < -0.39 is 18.1 Å². The van der Waals surface area contributed by atoms with E-state index in [0.717, 1.165) is 5.56 Å². The average Bonchev–Trinajstić information content (AvgIpc) is 2.69. The maximum absolute atomic E-state index is 12.8. The second kappa shape index (κ2) is 10.7. The summed E-state index contributed by atoms with van der Waals surface area (Å²) in [7, 11) is 0. The van der Waals surface area contributed by atoms with E-state index in [0.29, 0.717) is 25.9 Å². The van der Waals surface area contributed by atoms with Gasteiger partial charge in [0, 0.05) is 13.1 Å². The van der Waals surface area contributed by atoms with Crippen LogP contribution < -0.4 is 5.32 Å². The number of carbonyl (C=O) groups is 3. The normalized spacial score (nSPS) is 15.9. The van der Waals surface area contributed by atoms with Crippen LogP contribution in [0, 0.1) is 5.92 Å². The third-order valence-electron chi connectivity index (χ3n) is 4.61. The molecular weight excluding hydrogens is 364 g/mol. The summed E-state index contributed by atoms with van der Waals surface area (Å²) in [4.78, 5) is 37.2. The fraction of sp³-hybridized carbons (Fsp3) is 0.550. The highest BCUT2D eigenvalue weighted by Crippen LogP contribution is 2.16. The number of nitrogens with one attached hydrogen (secondary N) is 1. The number of rotatable bonds is 8. The molecule has 0 saturated carbocycles. The molecule has 2 N–H and O–H groups in total. The van der Waals surface area contributed by atoms with Crippen molar-refractivity contribution >= 4 is 18.0 Å². The number of likely N-dealkylation sites (tertiary alicyclic amines) is 1. The van der Waals surface area contributed by atoms with Crippen LogP contribution in [-0.4, -0.2) is 59.8 Å². The Labute approximate surface area is 164 Å². The summed E-state index contributed by atoms with van der Waals surface area (Å²) >= 11 is 0. The van der Waals surface area contributed by atoms with Crippen LogP contribution in [0.25, 0.3) is 0 Å². The molecule has 1 heterocycles. The summed E-state index contributed by atoms with van der Waals surface area (Å²) < 4.78 is 10.5. The molecule has 0 radical (unpaired) electrons. The molecule has 28 heavy (non-hydrogen) atoms. The third-order valence-corrected chi connectivity index (χ3v) is 4.61. The number of hydrogen-bond donors (Lipinski definition) is 2. The van der Waals surface area contributed by atoms with E-state index in [1.54, 1.807) is 4.90 Å². The van der Waals surface area contributed by atoms with E-state index >= 15 is 0 Å². The highest BCUT2D eigenvalue weighted by molar-refractivity contribution is 5.86. The van der Waals surface area contributed by atoms with Gasteiger partial charge < -0.3 is 24.8 Å². The molecule has 0 spiro atoms. The second-order valence-electron chi connectivity index (χ2n) is 7.16. The van der Waals surface area contributed by atoms with Crippen molar-refractivity contribution in [2.45, 2.75) is 45.4 Å². The van der Waals surface area contributed by atoms with Gasteiger partial charge in [-0.2, -0.15) is 0 Å². The van der Waals surface area contributed by atoms with E-state index in [9.17, 15) is 14.4 Å². The number of piperidine rings is 1. The van der Waals surface area contributed by atoms with Crippen molar-refractivity contribution in [3.8, 4) is 0 Å². The molecule has 1 saturated heterocycles. The Morgan fingerprint density at radius 1 is 1.18 bits per heavy atom. The highest BCUT2D eigenvalue weighted by Gasteiger charge is 2.32. The number of nitrogens with zero attached hydrogens (tertiary/aromatic N) is 1. The van der Waals surface area contributed by atoms with Gasteiger partial charge in [-0.05, 0) is 24.3 Å². The zero-order valence-corrected chi connectivity index (χ0v) is 16.3. The van der Waals surface area contributed by atoms with Gasteiger partial charge in [-0.3, -0.25) is 4.79 Å². The van der Waals surface area contributed by atoms with Gasteiger partial charge in [0.1, 0.15) is 19.3 Å². The fourth-order valence-electron chi connectivity index (χ4n) is 3.03. The largest absolute Gasteiger partial charge is 0.480 e. The molecule has 1 aliphatic rings. The van der Waals surface area contributed by atoms with Gasteiger partial charge in [-0.25, -0.2) is 9.59 Å². The Hall–Kier alpha value is -2.61. The van der Waals surface area contributed by atoms with E-state index in [2.05, 4.69) is 5.32 Å². The second-order valence-corrected chi connectivity index (χ2v) is 7.16. The molecule has 1 aromatic rings. The summed E-state index contributed by atoms with van der Waals surface area (Å²) in [6.07, 6.45) is 0.349. The number of amides is 2. The van der Waals surface area contributed by atoms with Crippen LogP contribution in [0.2, 0.25) is 0 Å². The SMILES string of the molecule is CC(C)[C@H](NC(=O)OCc1ccccc1)C(=O)N1CCC(OCC(=O)O)CC1. The molecule has 8 heteroatoms. The van der Waals surface area contributed by atoms with Crippen molar-refractivity contribution in [2.24, 2.45) is 5.92 Å². The van der Waals surface area contributed by atoms with Crippen LogP contribution >= 0.6 is 0 Å². The van der Waals surface area contributed by atoms with Gasteiger partial charge in [0.05, 0.1) is 6.10 Å². The molecule has 0 aliphatic carbocycles. The monoisotopic (exact) mass is 392 g/mol. The van der Waals surface area contributed by atoms with Gasteiger partial charge in [-0.15, -0.1) is 0 Å². The number of carboxylic acids is 1. The van der Waals surface area contributed by atoms with Crippen LogP contribution in [-0.2, 0) is 25.7 Å². The van der Waals surface area contributed by atoms with Gasteiger partial charge in [0.2, 0.25) is 5.91 Å². The van der Waals surface area contributed by atoms with Gasteiger partial charge in [0.15, 0.2) is 0 Å². The first-order chi connectivity index (χ1) is 13.4. The zero-order valence-electron chi connectivity index (χ0n) is 16.3. The van der Waals surface area contributed by atoms with Crippen LogP contribution in [0.5, 0.6) is 0 Å². The lowest BCUT2D eigenvalue weighted by Crippen LogP contribution is -2.53. The Kier molecular flexibility index (Phi) is 8.25. The van der Waals surface area contributed by atoms with Gasteiger partial charge >= 0.3 is 12.1 Å². The molecule has 1 aliphatic heterocycles. The van der Waals surface area contributed by atoms with E-state index in [1.165, 1.54) is 0 Å². The molecule has 0 aromatic heterocycles. The Bertz CT molecular complexity index is 656. The molecule has 0 bridgehead atoms. The lowest BCUT2D eigenvalue weighted by molar-refractivity contribution is -0.147. The molecule has 1 fully saturated rings. The lowest BCUT2D eigenvalue weighted by Gasteiger charge is -2.35. The van der Waals surface area contributed by atoms with Crippen LogP contribution in [0.1, 0.15) is 32.3 Å². The molecule has 0 unspecified atom stereocenters. The summed E-state index contributed by atoms with van der Waals surface area (Å²) in [6.45, 7) is 4.46. The number of carbonyl (C=O) groups excluding carboxylic acids is 2. The van der Waals surface area contributed by atoms with E-state index in [-0.39, 0.29) is 31.1 Å². The summed E-state index contributed by atoms with van der Waals surface area (Å²) in [5, 5.41) is 11.4. The first kappa shape index (κ1) is 21.7. The van der Waals surface area contributed by atoms with Crippen molar-refractivity contribution in [3.63, 3.8) is 0 Å². The number of hydrogen-bond acceptors (Lipinski definition) is 5. The van der Waals surface area contributed by atoms with Crippen molar-refractivity contribution in [1.82, 2.24) is 10.2 Å². The average molecular weight is 392 g/mol. The van der Waals surface area contributed by atoms with Crippen LogP contribution in [0.4, 0.5) is 4.79 Å². The van der Waals surface area contributed by atoms with Crippen LogP contribution in [0.3, 0.4) is 0 Å². The van der Waals surface area contributed by atoms with E-state index in [4.69, 9.17) is 14.6 Å². The molecule has 154 valence electrons. The van der Waals surface area contributed by atoms with Gasteiger partial charge in [0.25, 0.3) is 0 Å². The molecule has 8 nitrogen and oxygen atoms in total. The minimum absolute atomic E-state index is 0.0993. The van der Waals surface area contributed by atoms with Crippen LogP contribution in [0.15, 0.2) is 30.3 Å². The quantitative estimate of drug-likeness (QED) is 0.701. The number of ether oxygens (including phenoxy) is 2. The first-order valence-electron chi connectivity index (χ1n) is 9.46. The fourth-order valence-corrected chi connectivity index (χ4v) is 3.03. The van der Waals surface area contributed by atoms with Crippen molar-refractivity contribution in [2.75, 3.05) is 19.7 Å². The van der Waals surface area contributed by atoms with Crippen molar-refractivity contribution < 1.29 is 29.0 Å².